The molecule has 3 aliphatic rings. The number of nitrogens with zero attached hydrogens (tertiary/aromatic N) is 2. The van der Waals surface area contributed by atoms with Crippen LogP contribution >= 0.6 is 0 Å². The van der Waals surface area contributed by atoms with E-state index in [0.717, 1.165) is 18.3 Å². The number of methoxy groups -OCH3 is 1. The molecule has 380 valence electrons. The third kappa shape index (κ3) is 16.0. The highest BCUT2D eigenvalue weighted by Gasteiger charge is 2.54. The molecule has 3 fully saturated rings. The number of aliphatic hydroxyl groups excluding tert-OH is 2. The van der Waals surface area contributed by atoms with Gasteiger partial charge in [0.15, 0.2) is 24.3 Å². The van der Waals surface area contributed by atoms with E-state index in [2.05, 4.69) is 17.0 Å². The lowest BCUT2D eigenvalue weighted by molar-refractivity contribution is -0.344. The molecular formula is C49H78N2O16. The minimum atomic E-state index is -1.43. The molecule has 16 atom stereocenters. The van der Waals surface area contributed by atoms with Crippen LogP contribution in [0.5, 0.6) is 0 Å². The van der Waals surface area contributed by atoms with Crippen molar-refractivity contribution in [1.29, 1.82) is 0 Å². The van der Waals surface area contributed by atoms with Crippen LogP contribution in [-0.4, -0.2) is 176 Å². The van der Waals surface area contributed by atoms with Crippen molar-refractivity contribution in [2.24, 2.45) is 11.8 Å². The number of aliphatic hydroxyl groups is 2. The van der Waals surface area contributed by atoms with E-state index in [4.69, 9.17) is 42.6 Å². The molecule has 1 aromatic carbocycles. The Morgan fingerprint density at radius 1 is 0.940 bits per heavy atom. The van der Waals surface area contributed by atoms with Crippen LogP contribution in [0.3, 0.4) is 0 Å². The molecule has 3 saturated heterocycles. The number of ether oxygens (including phenoxy) is 9. The maximum Gasteiger partial charge on any atom is 0.309 e. The number of hydrogen-bond donors (Lipinski definition) is 2. The van der Waals surface area contributed by atoms with E-state index in [-0.39, 0.29) is 32.1 Å². The second kappa shape index (κ2) is 26.4. The van der Waals surface area contributed by atoms with E-state index in [9.17, 15) is 34.2 Å². The highest BCUT2D eigenvalue weighted by atomic mass is 16.7. The summed E-state index contributed by atoms with van der Waals surface area (Å²) in [6.45, 7) is 14.8. The van der Waals surface area contributed by atoms with Crippen LogP contribution < -0.4 is 0 Å². The Morgan fingerprint density at radius 3 is 2.22 bits per heavy atom. The number of benzene rings is 1. The van der Waals surface area contributed by atoms with Crippen LogP contribution in [0, 0.1) is 11.8 Å². The summed E-state index contributed by atoms with van der Waals surface area (Å²) >= 11 is 0. The zero-order chi connectivity index (χ0) is 49.6. The van der Waals surface area contributed by atoms with Gasteiger partial charge in [-0.05, 0) is 78.5 Å². The van der Waals surface area contributed by atoms with Gasteiger partial charge in [0.2, 0.25) is 0 Å². The Morgan fingerprint density at radius 2 is 1.61 bits per heavy atom. The lowest BCUT2D eigenvalue weighted by Crippen LogP contribution is -2.66. The molecule has 3 aliphatic heterocycles. The Labute approximate surface area is 396 Å². The summed E-state index contributed by atoms with van der Waals surface area (Å²) in [6, 6.07) is 9.21. The average Bonchev–Trinajstić information content (AvgIpc) is 3.26. The Balaban J connectivity index is 1.69. The molecule has 2 N–H and O–H groups in total. The quantitative estimate of drug-likeness (QED) is 0.137. The van der Waals surface area contributed by atoms with Crippen molar-refractivity contribution >= 4 is 30.2 Å². The summed E-state index contributed by atoms with van der Waals surface area (Å²) in [5.74, 6) is -3.42. The highest BCUT2D eigenvalue weighted by Crippen LogP contribution is 2.39. The largest absolute Gasteiger partial charge is 0.463 e. The Hall–Kier alpha value is -3.59. The normalized spacial score (nSPS) is 36.2. The third-order valence-electron chi connectivity index (χ3n) is 13.1. The van der Waals surface area contributed by atoms with Crippen molar-refractivity contribution in [1.82, 2.24) is 9.80 Å². The van der Waals surface area contributed by atoms with Gasteiger partial charge in [0.1, 0.15) is 36.8 Å². The molecule has 1 aromatic rings. The molecule has 67 heavy (non-hydrogen) atoms. The van der Waals surface area contributed by atoms with Crippen molar-refractivity contribution in [3.63, 3.8) is 0 Å². The number of β-amino-alcohol motifs (C(OH)–C–C–N with tert-alkyl or cyclic N) is 1. The zero-order valence-electron chi connectivity index (χ0n) is 41.4. The summed E-state index contributed by atoms with van der Waals surface area (Å²) in [5, 5.41) is 24.1. The van der Waals surface area contributed by atoms with Crippen molar-refractivity contribution in [3.8, 4) is 0 Å². The fourth-order valence-electron chi connectivity index (χ4n) is 9.58. The van der Waals surface area contributed by atoms with Crippen LogP contribution in [0.15, 0.2) is 30.3 Å². The summed E-state index contributed by atoms with van der Waals surface area (Å²) in [7, 11) is 4.89. The van der Waals surface area contributed by atoms with E-state index < -0.39 is 127 Å². The fraction of sp³-hybridized carbons (Fsp3) is 0.776. The molecule has 10 unspecified atom stereocenters. The van der Waals surface area contributed by atoms with Crippen LogP contribution in [0.2, 0.25) is 0 Å². The van der Waals surface area contributed by atoms with E-state index in [1.807, 2.05) is 25.1 Å². The number of likely N-dealkylation sites (N-methyl/N-ethyl adjacent to an activating group) is 1. The lowest BCUT2D eigenvalue weighted by atomic mass is 9.82. The van der Waals surface area contributed by atoms with Gasteiger partial charge in [-0.3, -0.25) is 19.2 Å². The fourth-order valence-corrected chi connectivity index (χ4v) is 9.58. The van der Waals surface area contributed by atoms with Crippen molar-refractivity contribution in [2.75, 3.05) is 40.8 Å². The number of hydrogen-bond acceptors (Lipinski definition) is 18. The predicted molar refractivity (Wildman–Crippen MR) is 243 cm³/mol. The first kappa shape index (κ1) is 56.0. The van der Waals surface area contributed by atoms with Crippen LogP contribution in [0.4, 0.5) is 0 Å². The van der Waals surface area contributed by atoms with Crippen LogP contribution in [-0.2, 0) is 73.0 Å². The summed E-state index contributed by atoms with van der Waals surface area (Å²) in [5.41, 5.74) is -0.180. The smallest absolute Gasteiger partial charge is 0.309 e. The maximum absolute atomic E-state index is 13.7. The molecule has 18 nitrogen and oxygen atoms in total. The van der Waals surface area contributed by atoms with Crippen LogP contribution in [0.1, 0.15) is 106 Å². The van der Waals surface area contributed by atoms with Gasteiger partial charge in [-0.2, -0.15) is 0 Å². The van der Waals surface area contributed by atoms with E-state index in [0.29, 0.717) is 26.1 Å². The minimum Gasteiger partial charge on any atom is -0.463 e. The molecule has 0 spiro atoms. The van der Waals surface area contributed by atoms with Gasteiger partial charge in [-0.15, -0.1) is 0 Å². The molecule has 0 bridgehead atoms. The number of aldehydes is 1. The van der Waals surface area contributed by atoms with Gasteiger partial charge < -0.3 is 67.4 Å². The molecule has 0 radical (unpaired) electrons. The van der Waals surface area contributed by atoms with Gasteiger partial charge in [-0.1, -0.05) is 51.1 Å². The molecule has 0 amide bonds. The highest BCUT2D eigenvalue weighted by molar-refractivity contribution is 5.73. The Bertz CT molecular complexity index is 1720. The van der Waals surface area contributed by atoms with Gasteiger partial charge in [0.05, 0.1) is 36.9 Å². The summed E-state index contributed by atoms with van der Waals surface area (Å²) < 4.78 is 55.5. The van der Waals surface area contributed by atoms with Crippen molar-refractivity contribution in [2.45, 2.75) is 192 Å². The topological polar surface area (TPSA) is 215 Å². The van der Waals surface area contributed by atoms with E-state index in [1.54, 1.807) is 60.5 Å². The minimum absolute atomic E-state index is 0.00829. The number of cyclic esters (lactones) is 1. The first-order valence-corrected chi connectivity index (χ1v) is 23.9. The van der Waals surface area contributed by atoms with Crippen molar-refractivity contribution in [3.05, 3.63) is 35.9 Å². The average molecular weight is 951 g/mol. The zero-order valence-corrected chi connectivity index (χ0v) is 41.4. The maximum atomic E-state index is 13.7. The molecule has 0 aliphatic carbocycles. The van der Waals surface area contributed by atoms with Crippen molar-refractivity contribution < 1.29 is 76.8 Å². The lowest BCUT2D eigenvalue weighted by Gasteiger charge is -2.50. The molecule has 3 heterocycles. The second-order valence-electron chi connectivity index (χ2n) is 18.9. The SMILES string of the molecule is CCC(=O)OC1C(C)OC(OC2C(C)OC(O[C@@H]3C(OC)[C@H](OC(=O)CC)CC(=O)O[C@H](C)CCN(CCc4ccccc4)C[C@H](O)[C@H](C)C[C@@H]3CC=O)C(O)C2N(C)C)CC1(C)OC(C)=O. The first-order valence-electron chi connectivity index (χ1n) is 23.9. The van der Waals surface area contributed by atoms with E-state index >= 15 is 0 Å². The summed E-state index contributed by atoms with van der Waals surface area (Å²) in [4.78, 5) is 68.0. The van der Waals surface area contributed by atoms with Gasteiger partial charge in [0, 0.05) is 59.4 Å². The van der Waals surface area contributed by atoms with Gasteiger partial charge >= 0.3 is 23.9 Å². The Kier molecular flexibility index (Phi) is 22.1. The summed E-state index contributed by atoms with van der Waals surface area (Å²) in [6.07, 6.45) is -10.3. The number of esters is 4. The monoisotopic (exact) mass is 951 g/mol. The second-order valence-corrected chi connectivity index (χ2v) is 18.9. The molecular weight excluding hydrogens is 873 g/mol. The third-order valence-corrected chi connectivity index (χ3v) is 13.1. The molecule has 4 rings (SSSR count). The number of rotatable bonds is 16. The standard InChI is InChI=1S/C49H78N2O16/c1-12-38(55)63-37-26-40(57)60-30(4)19-22-51(23-20-34-17-15-14-16-18-34)28-36(54)29(3)25-35(21-24-52)45(46(37)59-11)66-48-43(58)42(50(9)10)44(31(5)62-48)65-41-27-49(8,67-33(7)53)47(32(6)61-41)64-39(56)13-2/h14-18,24,29-32,35-37,41-48,54,58H,12-13,19-23,25-28H2,1-11H3/t29-,30-,31?,32?,35+,36+,37-,41?,42?,43?,44?,45+,46?,47?,48?,49?/m1/s1. The number of carbonyl (C=O) groups is 5. The molecule has 0 aromatic heterocycles. The molecule has 18 heteroatoms. The van der Waals surface area contributed by atoms with Gasteiger partial charge in [0.25, 0.3) is 0 Å². The first-order chi connectivity index (χ1) is 31.7. The van der Waals surface area contributed by atoms with E-state index in [1.165, 1.54) is 14.0 Å². The molecule has 0 saturated carbocycles. The number of carbonyl (C=O) groups excluding carboxylic acids is 5. The van der Waals surface area contributed by atoms with Crippen LogP contribution in [0.25, 0.3) is 0 Å². The predicted octanol–water partition coefficient (Wildman–Crippen LogP) is 3.77. The van der Waals surface area contributed by atoms with Gasteiger partial charge in [-0.25, -0.2) is 0 Å².